The Morgan fingerprint density at radius 1 is 1.09 bits per heavy atom. The van der Waals surface area contributed by atoms with Gasteiger partial charge in [0, 0.05) is 12.0 Å². The predicted molar refractivity (Wildman–Crippen MR) is 125 cm³/mol. The third-order valence-electron chi connectivity index (χ3n) is 6.17. The van der Waals surface area contributed by atoms with Crippen LogP contribution in [0.3, 0.4) is 0 Å². The van der Waals surface area contributed by atoms with Crippen LogP contribution >= 0.6 is 11.3 Å². The highest BCUT2D eigenvalue weighted by Gasteiger charge is 2.40. The zero-order chi connectivity index (χ0) is 24.2. The van der Waals surface area contributed by atoms with Crippen molar-refractivity contribution in [1.29, 1.82) is 0 Å². The molecule has 0 spiro atoms. The third kappa shape index (κ3) is 3.81. The smallest absolute Gasteiger partial charge is 0.271 e. The number of carbonyl (C=O) groups is 1. The first-order chi connectivity index (χ1) is 16.2. The summed E-state index contributed by atoms with van der Waals surface area (Å²) in [5.41, 5.74) is 1.81. The number of carbonyl (C=O) groups excluding carboxylic acids is 1. The number of nitrogens with zero attached hydrogens (tertiary/aromatic N) is 2. The minimum atomic E-state index is -0.985. The topological polar surface area (TPSA) is 60.7 Å². The number of benzene rings is 2. The van der Waals surface area contributed by atoms with E-state index in [0.717, 1.165) is 17.7 Å². The van der Waals surface area contributed by atoms with Gasteiger partial charge in [0.05, 0.1) is 23.4 Å². The first-order valence-corrected chi connectivity index (χ1v) is 11.7. The normalized spacial score (nSPS) is 19.5. The molecule has 5 nitrogen and oxygen atoms in total. The van der Waals surface area contributed by atoms with Crippen LogP contribution in [-0.4, -0.2) is 17.5 Å². The molecule has 0 bridgehead atoms. The zero-order valence-corrected chi connectivity index (χ0v) is 19.7. The molecule has 0 fully saturated rings. The highest BCUT2D eigenvalue weighted by Crippen LogP contribution is 2.43. The van der Waals surface area contributed by atoms with Gasteiger partial charge in [-0.1, -0.05) is 43.4 Å². The van der Waals surface area contributed by atoms with Gasteiger partial charge in [-0.3, -0.25) is 14.2 Å². The molecule has 34 heavy (non-hydrogen) atoms. The van der Waals surface area contributed by atoms with Crippen LogP contribution in [-0.2, 0) is 4.79 Å². The van der Waals surface area contributed by atoms with Crippen molar-refractivity contribution >= 4 is 23.2 Å². The molecule has 0 amide bonds. The lowest BCUT2D eigenvalue weighted by Gasteiger charge is -2.35. The van der Waals surface area contributed by atoms with Crippen LogP contribution in [0.25, 0.3) is 6.08 Å². The summed E-state index contributed by atoms with van der Waals surface area (Å²) in [6, 6.07) is 10.2. The fraction of sp³-hybridized carbons (Fsp3) is 0.269. The Kier molecular flexibility index (Phi) is 5.36. The monoisotopic (exact) mass is 480 g/mol. The Morgan fingerprint density at radius 3 is 2.50 bits per heavy atom. The van der Waals surface area contributed by atoms with Gasteiger partial charge >= 0.3 is 0 Å². The van der Waals surface area contributed by atoms with Crippen LogP contribution in [0.1, 0.15) is 43.9 Å². The van der Waals surface area contributed by atoms with Gasteiger partial charge in [-0.05, 0) is 53.3 Å². The van der Waals surface area contributed by atoms with Crippen LogP contribution in [0.4, 0.5) is 8.78 Å². The molecule has 1 aliphatic heterocycles. The number of fused-ring (bicyclic) bond motifs is 1. The van der Waals surface area contributed by atoms with Gasteiger partial charge < -0.3 is 4.74 Å². The van der Waals surface area contributed by atoms with Crippen molar-refractivity contribution in [2.24, 2.45) is 10.4 Å². The van der Waals surface area contributed by atoms with Crippen molar-refractivity contribution in [3.8, 4) is 5.75 Å². The van der Waals surface area contributed by atoms with Gasteiger partial charge in [0.1, 0.15) is 5.75 Å². The van der Waals surface area contributed by atoms with E-state index < -0.39 is 17.7 Å². The largest absolute Gasteiger partial charge is 0.497 e. The van der Waals surface area contributed by atoms with Gasteiger partial charge in [0.15, 0.2) is 22.2 Å². The Hall–Kier alpha value is -3.39. The van der Waals surface area contributed by atoms with Gasteiger partial charge in [-0.15, -0.1) is 0 Å². The molecule has 1 unspecified atom stereocenters. The van der Waals surface area contributed by atoms with Crippen LogP contribution in [0.5, 0.6) is 5.75 Å². The van der Waals surface area contributed by atoms with E-state index in [9.17, 15) is 18.4 Å². The number of allylic oxidation sites excluding steroid dienone is 2. The number of aromatic nitrogens is 1. The average Bonchev–Trinajstić information content (AvgIpc) is 3.09. The number of ketones is 1. The molecular weight excluding hydrogens is 458 g/mol. The highest BCUT2D eigenvalue weighted by molar-refractivity contribution is 7.07. The molecule has 3 aromatic rings. The van der Waals surface area contributed by atoms with E-state index in [0.29, 0.717) is 44.8 Å². The van der Waals surface area contributed by atoms with E-state index in [4.69, 9.17) is 9.73 Å². The minimum Gasteiger partial charge on any atom is -0.497 e. The number of methoxy groups -OCH3 is 1. The number of thiazole rings is 1. The van der Waals surface area contributed by atoms with Crippen molar-refractivity contribution in [2.45, 2.75) is 32.7 Å². The molecule has 174 valence electrons. The fourth-order valence-electron chi connectivity index (χ4n) is 4.60. The summed E-state index contributed by atoms with van der Waals surface area (Å²) >= 11 is 1.17. The van der Waals surface area contributed by atoms with Gasteiger partial charge in [-0.2, -0.15) is 0 Å². The molecular formula is C26H22F2N2O3S. The first kappa shape index (κ1) is 22.4. The Bertz CT molecular complexity index is 1530. The van der Waals surface area contributed by atoms with Crippen LogP contribution in [0, 0.1) is 17.0 Å². The van der Waals surface area contributed by atoms with Gasteiger partial charge in [0.25, 0.3) is 5.56 Å². The average molecular weight is 481 g/mol. The zero-order valence-electron chi connectivity index (χ0n) is 18.9. The standard InChI is InChI=1S/C26H22F2N2O3S/c1-26(2)12-19-22(20(31)13-26)23(15-5-7-16(33-3)8-6-15)30-24(32)21(34-25(30)29-19)11-14-4-9-17(27)18(28)10-14/h4-11,23H,12-13H2,1-3H3. The van der Waals surface area contributed by atoms with Crippen LogP contribution in [0.2, 0.25) is 0 Å². The second-order valence-corrected chi connectivity index (χ2v) is 10.3. The number of rotatable bonds is 3. The summed E-state index contributed by atoms with van der Waals surface area (Å²) in [5.74, 6) is -1.29. The van der Waals surface area contributed by atoms with E-state index in [2.05, 4.69) is 0 Å². The lowest BCUT2D eigenvalue weighted by molar-refractivity contribution is -0.118. The lowest BCUT2D eigenvalue weighted by Crippen LogP contribution is -2.42. The quantitative estimate of drug-likeness (QED) is 0.572. The number of halogens is 2. The van der Waals surface area contributed by atoms with E-state index in [-0.39, 0.29) is 16.8 Å². The molecule has 1 aliphatic carbocycles. The summed E-state index contributed by atoms with van der Waals surface area (Å²) in [4.78, 5) is 32.1. The van der Waals surface area contributed by atoms with E-state index >= 15 is 0 Å². The molecule has 2 aliphatic rings. The molecule has 1 atom stereocenters. The second kappa shape index (κ2) is 8.13. The summed E-state index contributed by atoms with van der Waals surface area (Å²) in [5, 5.41) is 0. The molecule has 0 N–H and O–H groups in total. The molecule has 2 aromatic carbocycles. The minimum absolute atomic E-state index is 0.0225. The van der Waals surface area contributed by atoms with E-state index in [1.807, 2.05) is 26.0 Å². The molecule has 8 heteroatoms. The number of hydrogen-bond acceptors (Lipinski definition) is 5. The van der Waals surface area contributed by atoms with Crippen molar-refractivity contribution in [1.82, 2.24) is 4.57 Å². The molecule has 0 saturated heterocycles. The maximum atomic E-state index is 13.7. The predicted octanol–water partition coefficient (Wildman–Crippen LogP) is 3.89. The maximum absolute atomic E-state index is 13.7. The van der Waals surface area contributed by atoms with Crippen LogP contribution in [0.15, 0.2) is 63.5 Å². The number of ether oxygens (including phenoxy) is 1. The summed E-state index contributed by atoms with van der Waals surface area (Å²) in [6.45, 7) is 4.07. The fourth-order valence-corrected chi connectivity index (χ4v) is 5.62. The Morgan fingerprint density at radius 2 is 1.82 bits per heavy atom. The molecule has 5 rings (SSSR count). The van der Waals surface area contributed by atoms with E-state index in [1.165, 1.54) is 28.0 Å². The third-order valence-corrected chi connectivity index (χ3v) is 7.15. The molecule has 0 radical (unpaired) electrons. The van der Waals surface area contributed by atoms with E-state index in [1.54, 1.807) is 19.2 Å². The second-order valence-electron chi connectivity index (χ2n) is 9.33. The maximum Gasteiger partial charge on any atom is 0.271 e. The van der Waals surface area contributed by atoms with Gasteiger partial charge in [0.2, 0.25) is 0 Å². The Labute approximate surface area is 198 Å². The summed E-state index contributed by atoms with van der Waals surface area (Å²) < 4.78 is 34.2. The summed E-state index contributed by atoms with van der Waals surface area (Å²) in [7, 11) is 1.57. The summed E-state index contributed by atoms with van der Waals surface area (Å²) in [6.07, 6.45) is 2.51. The highest BCUT2D eigenvalue weighted by atomic mass is 32.1. The number of Topliss-reactive ketones (excluding diaryl/α,β-unsaturated/α-hetero) is 1. The molecule has 0 saturated carbocycles. The number of hydrogen-bond donors (Lipinski definition) is 0. The van der Waals surface area contributed by atoms with Crippen LogP contribution < -0.4 is 19.6 Å². The lowest BCUT2D eigenvalue weighted by atomic mass is 9.73. The van der Waals surface area contributed by atoms with Crippen molar-refractivity contribution in [3.05, 3.63) is 96.2 Å². The molecule has 2 heterocycles. The molecule has 1 aromatic heterocycles. The first-order valence-electron chi connectivity index (χ1n) is 10.8. The Balaban J connectivity index is 1.74. The van der Waals surface area contributed by atoms with Crippen molar-refractivity contribution < 1.29 is 18.3 Å². The van der Waals surface area contributed by atoms with Crippen molar-refractivity contribution in [2.75, 3.05) is 7.11 Å². The SMILES string of the molecule is COc1ccc(C2C3=C(CC(C)(C)CC3=O)N=c3sc(=Cc4ccc(F)c(F)c4)c(=O)n32)cc1. The van der Waals surface area contributed by atoms with Gasteiger partial charge in [-0.25, -0.2) is 13.8 Å². The van der Waals surface area contributed by atoms with Crippen molar-refractivity contribution in [3.63, 3.8) is 0 Å².